The second-order valence-corrected chi connectivity index (χ2v) is 6.92. The van der Waals surface area contributed by atoms with Crippen LogP contribution < -0.4 is 5.73 Å². The lowest BCUT2D eigenvalue weighted by Crippen LogP contribution is -2.34. The lowest BCUT2D eigenvalue weighted by molar-refractivity contribution is 0.518. The van der Waals surface area contributed by atoms with Crippen molar-refractivity contribution in [3.05, 3.63) is 0 Å². The third-order valence-electron chi connectivity index (χ3n) is 3.65. The fraction of sp³-hybridized carbons (Fsp3) is 1.00. The first kappa shape index (κ1) is 12.2. The Bertz CT molecular complexity index is 217. The van der Waals surface area contributed by atoms with Gasteiger partial charge >= 0.3 is 0 Å². The summed E-state index contributed by atoms with van der Waals surface area (Å²) in [6.07, 6.45) is 2.09. The molecule has 0 aromatic rings. The molecule has 5 unspecified atom stereocenters. The smallest absolute Gasteiger partial charge is 0.0391 e. The van der Waals surface area contributed by atoms with Crippen molar-refractivity contribution in [3.63, 3.8) is 0 Å². The van der Waals surface area contributed by atoms with Crippen molar-refractivity contribution in [2.75, 3.05) is 0 Å². The molecule has 0 aromatic heterocycles. The minimum absolute atomic E-state index is 0.267. The summed E-state index contributed by atoms with van der Waals surface area (Å²) >= 11 is 0. The molecule has 0 amide bonds. The third kappa shape index (κ3) is 2.37. The fourth-order valence-corrected chi connectivity index (χ4v) is 4.11. The number of hydrogen-bond donors (Lipinski definition) is 1. The molecular weight excluding hydrogens is 194 g/mol. The summed E-state index contributed by atoms with van der Waals surface area (Å²) in [5.74, 6) is 0.928. The molecule has 5 atom stereocenters. The van der Waals surface area contributed by atoms with Crippen LogP contribution in [-0.4, -0.2) is 20.8 Å². The van der Waals surface area contributed by atoms with Crippen molar-refractivity contribution in [2.24, 2.45) is 17.6 Å². The van der Waals surface area contributed by atoms with Gasteiger partial charge in [-0.2, -0.15) is 0 Å². The Kier molecular flexibility index (Phi) is 4.14. The molecule has 2 nitrogen and oxygen atoms in total. The molecule has 0 bridgehead atoms. The van der Waals surface area contributed by atoms with Crippen molar-refractivity contribution in [3.8, 4) is 0 Å². The number of rotatable bonds is 3. The van der Waals surface area contributed by atoms with Crippen LogP contribution in [0.25, 0.3) is 0 Å². The Morgan fingerprint density at radius 2 is 1.86 bits per heavy atom. The van der Waals surface area contributed by atoms with Crippen LogP contribution in [0, 0.1) is 11.8 Å². The van der Waals surface area contributed by atoms with Gasteiger partial charge in [0.05, 0.1) is 0 Å². The van der Waals surface area contributed by atoms with Crippen LogP contribution >= 0.6 is 0 Å². The molecule has 14 heavy (non-hydrogen) atoms. The highest BCUT2D eigenvalue weighted by molar-refractivity contribution is 7.86. The maximum atomic E-state index is 12.2. The van der Waals surface area contributed by atoms with Gasteiger partial charge in [0.1, 0.15) is 0 Å². The molecule has 0 spiro atoms. The van der Waals surface area contributed by atoms with Crippen molar-refractivity contribution in [1.82, 2.24) is 0 Å². The Morgan fingerprint density at radius 1 is 1.29 bits per heavy atom. The molecule has 0 aromatic carbocycles. The summed E-state index contributed by atoms with van der Waals surface area (Å²) in [6.45, 7) is 8.52. The molecule has 0 aliphatic heterocycles. The summed E-state index contributed by atoms with van der Waals surface area (Å²) in [5.41, 5.74) is 5.95. The van der Waals surface area contributed by atoms with Crippen molar-refractivity contribution >= 4 is 10.8 Å². The predicted molar refractivity (Wildman–Crippen MR) is 62.6 cm³/mol. The van der Waals surface area contributed by atoms with Gasteiger partial charge in [-0.15, -0.1) is 0 Å². The summed E-state index contributed by atoms with van der Waals surface area (Å²) < 4.78 is 12.2. The zero-order chi connectivity index (χ0) is 10.9. The molecule has 2 N–H and O–H groups in total. The number of nitrogens with two attached hydrogens (primary N) is 1. The Hall–Kier alpha value is 0.110. The molecule has 1 fully saturated rings. The van der Waals surface area contributed by atoms with E-state index < -0.39 is 10.8 Å². The van der Waals surface area contributed by atoms with Crippen LogP contribution in [0.2, 0.25) is 0 Å². The first-order valence-electron chi connectivity index (χ1n) is 5.60. The molecule has 84 valence electrons. The van der Waals surface area contributed by atoms with E-state index in [0.29, 0.717) is 22.3 Å². The van der Waals surface area contributed by atoms with Gasteiger partial charge in [-0.25, -0.2) is 0 Å². The van der Waals surface area contributed by atoms with Crippen LogP contribution in [0.4, 0.5) is 0 Å². The maximum absolute atomic E-state index is 12.2. The van der Waals surface area contributed by atoms with Crippen LogP contribution in [0.15, 0.2) is 0 Å². The van der Waals surface area contributed by atoms with Crippen LogP contribution in [0.1, 0.15) is 40.5 Å². The molecule has 1 rings (SSSR count). The van der Waals surface area contributed by atoms with Crippen molar-refractivity contribution in [1.29, 1.82) is 0 Å². The van der Waals surface area contributed by atoms with Gasteiger partial charge in [0.25, 0.3) is 0 Å². The fourth-order valence-electron chi connectivity index (χ4n) is 2.03. The second-order valence-electron chi connectivity index (χ2n) is 4.92. The van der Waals surface area contributed by atoms with Gasteiger partial charge in [0.2, 0.25) is 0 Å². The molecule has 1 aliphatic carbocycles. The van der Waals surface area contributed by atoms with Gasteiger partial charge in [-0.05, 0) is 24.7 Å². The average molecular weight is 217 g/mol. The van der Waals surface area contributed by atoms with Crippen LogP contribution in [-0.2, 0) is 10.8 Å². The summed E-state index contributed by atoms with van der Waals surface area (Å²) in [6, 6.07) is 0.267. The lowest BCUT2D eigenvalue weighted by Gasteiger charge is -2.23. The first-order chi connectivity index (χ1) is 6.45. The third-order valence-corrected chi connectivity index (χ3v) is 6.19. The highest BCUT2D eigenvalue weighted by Crippen LogP contribution is 2.31. The van der Waals surface area contributed by atoms with Crippen LogP contribution in [0.5, 0.6) is 0 Å². The van der Waals surface area contributed by atoms with Gasteiger partial charge in [-0.1, -0.05) is 27.7 Å². The SMILES string of the molecule is CC(C)C(C)S(=O)C1CCC(N)C1C. The minimum atomic E-state index is -0.701. The summed E-state index contributed by atoms with van der Waals surface area (Å²) in [7, 11) is -0.701. The molecule has 0 heterocycles. The van der Waals surface area contributed by atoms with E-state index in [9.17, 15) is 4.21 Å². The van der Waals surface area contributed by atoms with Gasteiger partial charge < -0.3 is 5.73 Å². The number of hydrogen-bond acceptors (Lipinski definition) is 2. The largest absolute Gasteiger partial charge is 0.327 e. The van der Waals surface area contributed by atoms with Crippen molar-refractivity contribution in [2.45, 2.75) is 57.1 Å². The van der Waals surface area contributed by atoms with E-state index in [1.54, 1.807) is 0 Å². The van der Waals surface area contributed by atoms with Gasteiger partial charge in [0, 0.05) is 27.3 Å². The van der Waals surface area contributed by atoms with E-state index in [1.807, 2.05) is 0 Å². The average Bonchev–Trinajstić information content (AvgIpc) is 2.45. The van der Waals surface area contributed by atoms with Gasteiger partial charge in [-0.3, -0.25) is 4.21 Å². The van der Waals surface area contributed by atoms with E-state index in [-0.39, 0.29) is 6.04 Å². The van der Waals surface area contributed by atoms with E-state index in [2.05, 4.69) is 27.7 Å². The van der Waals surface area contributed by atoms with Crippen LogP contribution in [0.3, 0.4) is 0 Å². The highest BCUT2D eigenvalue weighted by atomic mass is 32.2. The Morgan fingerprint density at radius 3 is 2.21 bits per heavy atom. The maximum Gasteiger partial charge on any atom is 0.0391 e. The standard InChI is InChI=1S/C11H23NOS/c1-7(2)9(4)14(13)11-6-5-10(12)8(11)3/h7-11H,5-6,12H2,1-4H3. The Labute approximate surface area is 90.1 Å². The quantitative estimate of drug-likeness (QED) is 0.784. The molecule has 0 saturated heterocycles. The van der Waals surface area contributed by atoms with E-state index in [4.69, 9.17) is 5.73 Å². The molecular formula is C11H23NOS. The monoisotopic (exact) mass is 217 g/mol. The van der Waals surface area contributed by atoms with E-state index in [0.717, 1.165) is 12.8 Å². The molecule has 3 heteroatoms. The highest BCUT2D eigenvalue weighted by Gasteiger charge is 2.36. The van der Waals surface area contributed by atoms with E-state index >= 15 is 0 Å². The normalized spacial score (nSPS) is 37.4. The minimum Gasteiger partial charge on any atom is -0.327 e. The zero-order valence-corrected chi connectivity index (χ0v) is 10.5. The lowest BCUT2D eigenvalue weighted by atomic mass is 10.1. The molecule has 1 saturated carbocycles. The Balaban J connectivity index is 2.62. The van der Waals surface area contributed by atoms with Gasteiger partial charge in [0.15, 0.2) is 0 Å². The second kappa shape index (κ2) is 4.75. The zero-order valence-electron chi connectivity index (χ0n) is 9.69. The summed E-state index contributed by atoms with van der Waals surface area (Å²) in [4.78, 5) is 0. The van der Waals surface area contributed by atoms with Crippen molar-refractivity contribution < 1.29 is 4.21 Å². The predicted octanol–water partition coefficient (Wildman–Crippen LogP) is 1.91. The summed E-state index contributed by atoms with van der Waals surface area (Å²) in [5, 5.41) is 0.634. The molecule has 1 aliphatic rings. The van der Waals surface area contributed by atoms with E-state index in [1.165, 1.54) is 0 Å². The topological polar surface area (TPSA) is 43.1 Å². The first-order valence-corrected chi connectivity index (χ1v) is 6.87. The molecule has 0 radical (unpaired) electrons.